The van der Waals surface area contributed by atoms with Crippen LogP contribution in [0.4, 0.5) is 0 Å². The minimum Gasteiger partial charge on any atom is -0.504 e. The summed E-state index contributed by atoms with van der Waals surface area (Å²) in [4.78, 5) is 2.32. The van der Waals surface area contributed by atoms with Crippen LogP contribution in [-0.2, 0) is 5.41 Å². The minimum atomic E-state index is -0.172. The summed E-state index contributed by atoms with van der Waals surface area (Å²) in [6.07, 6.45) is 1.91. The zero-order valence-corrected chi connectivity index (χ0v) is 13.9. The van der Waals surface area contributed by atoms with Crippen molar-refractivity contribution in [1.82, 2.24) is 4.90 Å². The van der Waals surface area contributed by atoms with Gasteiger partial charge in [0.15, 0.2) is 11.5 Å². The van der Waals surface area contributed by atoms with Gasteiger partial charge in [-0.2, -0.15) is 0 Å². The highest BCUT2D eigenvalue weighted by molar-refractivity contribution is 5.57. The lowest BCUT2D eigenvalue weighted by Crippen LogP contribution is -2.48. The summed E-state index contributed by atoms with van der Waals surface area (Å²) >= 11 is 0. The number of benzene rings is 1. The van der Waals surface area contributed by atoms with Gasteiger partial charge in [-0.15, -0.1) is 0 Å². The third-order valence-corrected chi connectivity index (χ3v) is 5.32. The van der Waals surface area contributed by atoms with Crippen LogP contribution in [0.3, 0.4) is 0 Å². The molecule has 1 heterocycles. The Bertz CT molecular complexity index is 552. The van der Waals surface area contributed by atoms with Crippen molar-refractivity contribution in [2.75, 3.05) is 20.7 Å². The number of nitrogens with zero attached hydrogens (tertiary/aromatic N) is 1. The van der Waals surface area contributed by atoms with Gasteiger partial charge in [-0.25, -0.2) is 0 Å². The van der Waals surface area contributed by atoms with Gasteiger partial charge in [0.25, 0.3) is 0 Å². The zero-order valence-electron chi connectivity index (χ0n) is 13.9. The van der Waals surface area contributed by atoms with Gasteiger partial charge in [-0.05, 0) is 57.5 Å². The number of phenolic OH excluding ortho intramolecular Hbond substituents is 1. The van der Waals surface area contributed by atoms with Crippen molar-refractivity contribution >= 4 is 0 Å². The molecule has 2 rings (SSSR count). The molecule has 0 amide bonds. The number of piperidine rings is 1. The van der Waals surface area contributed by atoms with E-state index in [1.54, 1.807) is 7.11 Å². The van der Waals surface area contributed by atoms with E-state index in [9.17, 15) is 5.11 Å². The highest BCUT2D eigenvalue weighted by Gasteiger charge is 2.43. The molecule has 0 radical (unpaired) electrons. The van der Waals surface area contributed by atoms with Crippen LogP contribution in [0, 0.1) is 6.92 Å². The molecular formula is C18H27NO2. The first-order chi connectivity index (χ1) is 9.89. The number of phenols is 1. The number of hydrogen-bond donors (Lipinski definition) is 1. The first kappa shape index (κ1) is 15.9. The largest absolute Gasteiger partial charge is 0.504 e. The summed E-state index contributed by atoms with van der Waals surface area (Å²) in [6.45, 7) is 11.8. The van der Waals surface area contributed by atoms with Crippen LogP contribution in [0.25, 0.3) is 0 Å². The van der Waals surface area contributed by atoms with Gasteiger partial charge in [0.1, 0.15) is 0 Å². The Morgan fingerprint density at radius 1 is 1.48 bits per heavy atom. The average Bonchev–Trinajstić information content (AvgIpc) is 2.47. The molecule has 0 unspecified atom stereocenters. The lowest BCUT2D eigenvalue weighted by molar-refractivity contribution is 0.188. The minimum absolute atomic E-state index is 0.172. The van der Waals surface area contributed by atoms with E-state index >= 15 is 0 Å². The van der Waals surface area contributed by atoms with E-state index in [0.29, 0.717) is 11.8 Å². The molecule has 3 nitrogen and oxygen atoms in total. The monoisotopic (exact) mass is 289 g/mol. The predicted octanol–water partition coefficient (Wildman–Crippen LogP) is 3.64. The van der Waals surface area contributed by atoms with Crippen molar-refractivity contribution in [3.8, 4) is 11.5 Å². The molecule has 1 fully saturated rings. The Labute approximate surface area is 128 Å². The maximum atomic E-state index is 10.7. The molecule has 3 heteroatoms. The fourth-order valence-corrected chi connectivity index (χ4v) is 3.70. The highest BCUT2D eigenvalue weighted by atomic mass is 16.5. The van der Waals surface area contributed by atoms with E-state index < -0.39 is 0 Å². The second-order valence-electron chi connectivity index (χ2n) is 6.18. The Hall–Kier alpha value is -1.48. The third-order valence-electron chi connectivity index (χ3n) is 5.32. The molecule has 1 saturated heterocycles. The lowest BCUT2D eigenvalue weighted by atomic mass is 9.64. The summed E-state index contributed by atoms with van der Waals surface area (Å²) in [5, 5.41) is 10.7. The number of aromatic hydroxyl groups is 1. The molecule has 0 spiro atoms. The molecule has 0 aliphatic carbocycles. The molecule has 2 atom stereocenters. The lowest BCUT2D eigenvalue weighted by Gasteiger charge is -2.47. The SMILES string of the molecule is C=C1[C@@H](C)N(C)CC[C@@]1(CC)c1c(C)ccc(OC)c1O. The van der Waals surface area contributed by atoms with Crippen LogP contribution >= 0.6 is 0 Å². The third kappa shape index (κ3) is 2.34. The van der Waals surface area contributed by atoms with Gasteiger partial charge in [0.05, 0.1) is 7.11 Å². The zero-order chi connectivity index (χ0) is 15.8. The van der Waals surface area contributed by atoms with E-state index in [4.69, 9.17) is 4.74 Å². The standard InChI is InChI=1S/C18H27NO2/c1-7-18(10-11-19(5)14(4)13(18)3)16-12(2)8-9-15(21-6)17(16)20/h8-9,14,20H,3,7,10-11H2,1-2,4-6H3/t14-,18-/m1/s1. The molecule has 0 aromatic heterocycles. The van der Waals surface area contributed by atoms with Crippen molar-refractivity contribution in [3.05, 3.63) is 35.4 Å². The van der Waals surface area contributed by atoms with Gasteiger partial charge in [-0.1, -0.05) is 19.6 Å². The van der Waals surface area contributed by atoms with Crippen LogP contribution in [0.5, 0.6) is 11.5 Å². The number of aryl methyl sites for hydroxylation is 1. The van der Waals surface area contributed by atoms with Crippen LogP contribution in [0.15, 0.2) is 24.3 Å². The maximum Gasteiger partial charge on any atom is 0.162 e. The molecule has 1 aliphatic rings. The Morgan fingerprint density at radius 3 is 2.71 bits per heavy atom. The summed E-state index contributed by atoms with van der Waals surface area (Å²) < 4.78 is 5.31. The molecule has 0 bridgehead atoms. The Balaban J connectivity index is 2.64. The van der Waals surface area contributed by atoms with Gasteiger partial charge in [0, 0.05) is 17.0 Å². The van der Waals surface area contributed by atoms with Gasteiger partial charge in [0.2, 0.25) is 0 Å². The van der Waals surface area contributed by atoms with Crippen molar-refractivity contribution in [2.45, 2.75) is 45.1 Å². The smallest absolute Gasteiger partial charge is 0.162 e. The normalized spacial score (nSPS) is 26.9. The summed E-state index contributed by atoms with van der Waals surface area (Å²) in [6, 6.07) is 4.17. The van der Waals surface area contributed by atoms with E-state index in [0.717, 1.165) is 30.5 Å². The Morgan fingerprint density at radius 2 is 2.14 bits per heavy atom. The van der Waals surface area contributed by atoms with E-state index in [1.165, 1.54) is 5.57 Å². The first-order valence-corrected chi connectivity index (χ1v) is 7.65. The molecule has 21 heavy (non-hydrogen) atoms. The van der Waals surface area contributed by atoms with Gasteiger partial charge < -0.3 is 9.84 Å². The van der Waals surface area contributed by atoms with E-state index in [1.807, 2.05) is 12.1 Å². The Kier molecular flexibility index (Phi) is 4.33. The summed E-state index contributed by atoms with van der Waals surface area (Å²) in [7, 11) is 3.73. The predicted molar refractivity (Wildman–Crippen MR) is 87.2 cm³/mol. The first-order valence-electron chi connectivity index (χ1n) is 7.65. The highest BCUT2D eigenvalue weighted by Crippen LogP contribution is 2.50. The quantitative estimate of drug-likeness (QED) is 0.862. The fraction of sp³-hybridized carbons (Fsp3) is 0.556. The topological polar surface area (TPSA) is 32.7 Å². The summed E-state index contributed by atoms with van der Waals surface area (Å²) in [5.74, 6) is 0.819. The molecule has 1 aliphatic heterocycles. The second kappa shape index (κ2) is 5.72. The maximum absolute atomic E-state index is 10.7. The van der Waals surface area contributed by atoms with E-state index in [-0.39, 0.29) is 11.2 Å². The second-order valence-corrected chi connectivity index (χ2v) is 6.18. The number of likely N-dealkylation sites (tertiary alicyclic amines) is 1. The molecular weight excluding hydrogens is 262 g/mol. The van der Waals surface area contributed by atoms with Crippen molar-refractivity contribution in [2.24, 2.45) is 0 Å². The molecule has 116 valence electrons. The molecule has 1 N–H and O–H groups in total. The average molecular weight is 289 g/mol. The number of likely N-dealkylation sites (N-methyl/N-ethyl adjacent to an activating group) is 1. The van der Waals surface area contributed by atoms with Crippen LogP contribution in [0.2, 0.25) is 0 Å². The van der Waals surface area contributed by atoms with Gasteiger partial charge >= 0.3 is 0 Å². The van der Waals surface area contributed by atoms with Crippen molar-refractivity contribution < 1.29 is 9.84 Å². The number of rotatable bonds is 3. The fourth-order valence-electron chi connectivity index (χ4n) is 3.70. The molecule has 0 saturated carbocycles. The number of methoxy groups -OCH3 is 1. The summed E-state index contributed by atoms with van der Waals surface area (Å²) in [5.41, 5.74) is 3.11. The van der Waals surface area contributed by atoms with Crippen molar-refractivity contribution in [3.63, 3.8) is 0 Å². The molecule has 1 aromatic rings. The van der Waals surface area contributed by atoms with Crippen LogP contribution in [-0.4, -0.2) is 36.8 Å². The van der Waals surface area contributed by atoms with Gasteiger partial charge in [-0.3, -0.25) is 4.90 Å². The molecule has 1 aromatic carbocycles. The van der Waals surface area contributed by atoms with Crippen LogP contribution < -0.4 is 4.74 Å². The van der Waals surface area contributed by atoms with E-state index in [2.05, 4.69) is 39.3 Å². The number of ether oxygens (including phenoxy) is 1. The van der Waals surface area contributed by atoms with Crippen LogP contribution in [0.1, 0.15) is 37.8 Å². The van der Waals surface area contributed by atoms with Crippen molar-refractivity contribution in [1.29, 1.82) is 0 Å². The number of hydrogen-bond acceptors (Lipinski definition) is 3.